The van der Waals surface area contributed by atoms with E-state index in [0.29, 0.717) is 50.4 Å². The first-order valence-corrected chi connectivity index (χ1v) is 14.9. The Kier molecular flexibility index (Phi) is 11.2. The lowest BCUT2D eigenvalue weighted by Crippen LogP contribution is -2.25. The lowest BCUT2D eigenvalue weighted by Gasteiger charge is -2.24. The summed E-state index contributed by atoms with van der Waals surface area (Å²) in [4.78, 5) is 46.5. The fourth-order valence-electron chi connectivity index (χ4n) is 5.09. The van der Waals surface area contributed by atoms with Gasteiger partial charge in [-0.3, -0.25) is 29.7 Å². The Morgan fingerprint density at radius 2 is 0.957 bits per heavy atom. The first-order valence-electron chi connectivity index (χ1n) is 14.9. The van der Waals surface area contributed by atoms with Gasteiger partial charge in [0.1, 0.15) is 0 Å². The molecule has 0 spiro atoms. The molecule has 0 fully saturated rings. The average Bonchev–Trinajstić information content (AvgIpc) is 3.09. The van der Waals surface area contributed by atoms with Crippen LogP contribution in [-0.2, 0) is 48.7 Å². The van der Waals surface area contributed by atoms with Gasteiger partial charge in [-0.15, -0.1) is 0 Å². The van der Waals surface area contributed by atoms with Crippen LogP contribution in [0.5, 0.6) is 0 Å². The second-order valence-electron chi connectivity index (χ2n) is 10.8. The zero-order chi connectivity index (χ0) is 32.1. The van der Waals surface area contributed by atoms with Gasteiger partial charge < -0.3 is 9.47 Å². The molecule has 46 heavy (non-hydrogen) atoms. The Hall–Kier alpha value is -5.32. The van der Waals surface area contributed by atoms with Crippen LogP contribution in [0.3, 0.4) is 0 Å². The Morgan fingerprint density at radius 1 is 0.522 bits per heavy atom. The summed E-state index contributed by atoms with van der Waals surface area (Å²) in [6.07, 6.45) is 6.70. The van der Waals surface area contributed by atoms with Gasteiger partial charge in [0.25, 0.3) is 0 Å². The molecule has 0 amide bonds. The summed E-state index contributed by atoms with van der Waals surface area (Å²) in [7, 11) is 2.70. The van der Waals surface area contributed by atoms with Crippen molar-refractivity contribution in [3.05, 3.63) is 155 Å². The van der Waals surface area contributed by atoms with Crippen molar-refractivity contribution in [2.75, 3.05) is 14.2 Å². The van der Waals surface area contributed by atoms with Gasteiger partial charge in [0.05, 0.1) is 48.1 Å². The topological polar surface area (TPSA) is 111 Å². The van der Waals surface area contributed by atoms with Crippen molar-refractivity contribution in [1.82, 2.24) is 29.7 Å². The van der Waals surface area contributed by atoms with E-state index in [4.69, 9.17) is 9.47 Å². The number of hydrogen-bond acceptors (Lipinski definition) is 10. The number of carbonyl (C=O) groups excluding carboxylic acids is 2. The summed E-state index contributed by atoms with van der Waals surface area (Å²) in [5.74, 6) is -0.856. The lowest BCUT2D eigenvalue weighted by molar-refractivity contribution is 0.0591. The lowest BCUT2D eigenvalue weighted by atomic mass is 10.1. The third-order valence-corrected chi connectivity index (χ3v) is 7.29. The van der Waals surface area contributed by atoms with Crippen molar-refractivity contribution < 1.29 is 19.1 Å². The summed E-state index contributed by atoms with van der Waals surface area (Å²) in [6, 6.07) is 27.6. The highest BCUT2D eigenvalue weighted by Crippen LogP contribution is 2.18. The third kappa shape index (κ3) is 9.34. The van der Waals surface area contributed by atoms with Crippen molar-refractivity contribution in [3.8, 4) is 0 Å². The normalized spacial score (nSPS) is 11.0. The van der Waals surface area contributed by atoms with Gasteiger partial charge in [0, 0.05) is 64.1 Å². The Morgan fingerprint density at radius 3 is 1.30 bits per heavy atom. The summed E-state index contributed by atoms with van der Waals surface area (Å²) >= 11 is 0. The predicted octanol–water partition coefficient (Wildman–Crippen LogP) is 5.24. The largest absolute Gasteiger partial charge is 0.465 e. The maximum absolute atomic E-state index is 11.9. The van der Waals surface area contributed by atoms with E-state index in [1.165, 1.54) is 32.2 Å². The van der Waals surface area contributed by atoms with Crippen LogP contribution in [0.4, 0.5) is 0 Å². The molecule has 0 unspecified atom stereocenters. The molecule has 0 bridgehead atoms. The first-order chi connectivity index (χ1) is 22.5. The molecule has 5 rings (SSSR count). The number of esters is 2. The number of hydrogen-bond donors (Lipinski definition) is 0. The molecule has 4 aromatic heterocycles. The van der Waals surface area contributed by atoms with Crippen LogP contribution in [0.25, 0.3) is 0 Å². The van der Waals surface area contributed by atoms with Crippen LogP contribution in [0.2, 0.25) is 0 Å². The predicted molar refractivity (Wildman–Crippen MR) is 172 cm³/mol. The van der Waals surface area contributed by atoms with E-state index in [1.807, 2.05) is 60.9 Å². The van der Waals surface area contributed by atoms with Gasteiger partial charge in [-0.25, -0.2) is 9.59 Å². The Labute approximate surface area is 268 Å². The van der Waals surface area contributed by atoms with E-state index in [1.54, 1.807) is 12.1 Å². The molecule has 0 saturated carbocycles. The zero-order valence-corrected chi connectivity index (χ0v) is 26.0. The summed E-state index contributed by atoms with van der Waals surface area (Å²) in [6.45, 7) is 3.74. The van der Waals surface area contributed by atoms with E-state index >= 15 is 0 Å². The molecule has 10 nitrogen and oxygen atoms in total. The molecule has 0 saturated heterocycles. The van der Waals surface area contributed by atoms with E-state index in [9.17, 15) is 9.59 Å². The van der Waals surface area contributed by atoms with Crippen LogP contribution in [0.15, 0.2) is 110 Å². The monoisotopic (exact) mass is 616 g/mol. The molecule has 0 atom stereocenters. The number of nitrogens with zero attached hydrogens (tertiary/aromatic N) is 6. The molecule has 0 aliphatic heterocycles. The van der Waals surface area contributed by atoms with Crippen molar-refractivity contribution in [2.24, 2.45) is 0 Å². The summed E-state index contributed by atoms with van der Waals surface area (Å²) < 4.78 is 9.63. The molecule has 234 valence electrons. The molecule has 1 aromatic carbocycles. The van der Waals surface area contributed by atoms with Crippen molar-refractivity contribution in [1.29, 1.82) is 0 Å². The van der Waals surface area contributed by atoms with Crippen LogP contribution in [-0.4, -0.2) is 55.9 Å². The highest BCUT2D eigenvalue weighted by molar-refractivity contribution is 5.89. The highest BCUT2D eigenvalue weighted by Gasteiger charge is 2.15. The van der Waals surface area contributed by atoms with Crippen LogP contribution in [0.1, 0.15) is 54.6 Å². The maximum atomic E-state index is 11.9. The van der Waals surface area contributed by atoms with Gasteiger partial charge >= 0.3 is 11.9 Å². The van der Waals surface area contributed by atoms with E-state index < -0.39 is 11.9 Å². The van der Waals surface area contributed by atoms with Crippen molar-refractivity contribution in [3.63, 3.8) is 0 Å². The smallest absolute Gasteiger partial charge is 0.339 e. The SMILES string of the molecule is COC(=O)c1ccc(CN(Cc2cccc(CN(Cc3ccccn3)Cc3ccccn3)c2)Cc2ccc(C(=O)OC)cn2)nc1. The van der Waals surface area contributed by atoms with Gasteiger partial charge in [-0.1, -0.05) is 36.4 Å². The standard InChI is InChI=1S/C36H36N6O4/c1-45-35(43)29-12-14-33(39-19-29)25-42(26-34-15-13-30(20-40-34)36(44)46-2)22-28-9-7-8-27(18-28)21-41(23-31-10-3-5-16-37-31)24-32-11-4-6-17-38-32/h3-20H,21-26H2,1-2H3. The van der Waals surface area contributed by atoms with Gasteiger partial charge in [0.2, 0.25) is 0 Å². The number of methoxy groups -OCH3 is 2. The first kappa shape index (κ1) is 32.1. The number of rotatable bonds is 14. The quantitative estimate of drug-likeness (QED) is 0.154. The summed E-state index contributed by atoms with van der Waals surface area (Å²) in [5, 5.41) is 0. The summed E-state index contributed by atoms with van der Waals surface area (Å²) in [5.41, 5.74) is 6.68. The number of carbonyl (C=O) groups is 2. The van der Waals surface area contributed by atoms with Gasteiger partial charge in [0.15, 0.2) is 0 Å². The molecular formula is C36H36N6O4. The Bertz CT molecular complexity index is 1600. The second kappa shape index (κ2) is 16.1. The third-order valence-electron chi connectivity index (χ3n) is 7.29. The van der Waals surface area contributed by atoms with E-state index in [-0.39, 0.29) is 0 Å². The van der Waals surface area contributed by atoms with Gasteiger partial charge in [-0.2, -0.15) is 0 Å². The van der Waals surface area contributed by atoms with Crippen LogP contribution < -0.4 is 0 Å². The zero-order valence-electron chi connectivity index (χ0n) is 26.0. The number of ether oxygens (including phenoxy) is 2. The highest BCUT2D eigenvalue weighted by atomic mass is 16.5. The molecule has 0 N–H and O–H groups in total. The minimum Gasteiger partial charge on any atom is -0.465 e. The second-order valence-corrected chi connectivity index (χ2v) is 10.8. The maximum Gasteiger partial charge on any atom is 0.339 e. The number of pyridine rings is 4. The van der Waals surface area contributed by atoms with Crippen molar-refractivity contribution >= 4 is 11.9 Å². The fourth-order valence-corrected chi connectivity index (χ4v) is 5.09. The molecule has 5 aromatic rings. The van der Waals surface area contributed by atoms with E-state index in [0.717, 1.165) is 28.3 Å². The minimum atomic E-state index is -0.428. The van der Waals surface area contributed by atoms with Crippen LogP contribution >= 0.6 is 0 Å². The number of aromatic nitrogens is 4. The molecule has 0 radical (unpaired) electrons. The van der Waals surface area contributed by atoms with Crippen LogP contribution in [0, 0.1) is 0 Å². The van der Waals surface area contributed by atoms with Gasteiger partial charge in [-0.05, 0) is 59.7 Å². The molecule has 0 aliphatic carbocycles. The molecule has 0 aliphatic rings. The molecule has 10 heteroatoms. The average molecular weight is 617 g/mol. The minimum absolute atomic E-state index is 0.395. The van der Waals surface area contributed by atoms with Crippen molar-refractivity contribution in [2.45, 2.75) is 39.3 Å². The Balaban J connectivity index is 1.35. The fraction of sp³-hybridized carbons (Fsp3) is 0.222. The number of benzene rings is 1. The molecule has 4 heterocycles. The van der Waals surface area contributed by atoms with E-state index in [2.05, 4.69) is 54.0 Å². The molecular weight excluding hydrogens is 580 g/mol.